The molecule has 12 heteroatoms. The Kier molecular flexibility index (Phi) is 8.73. The van der Waals surface area contributed by atoms with Gasteiger partial charge in [0.15, 0.2) is 17.0 Å². The molecular weight excluding hydrogens is 419 g/mol. The molecule has 0 aromatic carbocycles. The summed E-state index contributed by atoms with van der Waals surface area (Å²) in [6.07, 6.45) is 4.18. The predicted octanol–water partition coefficient (Wildman–Crippen LogP) is 2.45. The van der Waals surface area contributed by atoms with Gasteiger partial charge in [-0.05, 0) is 40.0 Å². The number of ether oxygens (including phenoxy) is 2. The maximum atomic E-state index is 13.8. The molecule has 0 aliphatic carbocycles. The number of carbonyl (C=O) groups excluding carboxylic acids is 1. The van der Waals surface area contributed by atoms with Gasteiger partial charge in [0.05, 0.1) is 19.7 Å². The van der Waals surface area contributed by atoms with Crippen LogP contribution in [0.1, 0.15) is 40.0 Å². The van der Waals surface area contributed by atoms with E-state index in [-0.39, 0.29) is 11.7 Å². The monoisotopic (exact) mass is 450 g/mol. The maximum absolute atomic E-state index is 13.8. The van der Waals surface area contributed by atoms with Crippen LogP contribution >= 0.6 is 0 Å². The summed E-state index contributed by atoms with van der Waals surface area (Å²) in [6.45, 7) is 6.52. The van der Waals surface area contributed by atoms with Crippen LogP contribution in [0.2, 0.25) is 0 Å². The fourth-order valence-electron chi connectivity index (χ4n) is 2.63. The number of aryl methyl sites for hydroxylation is 1. The van der Waals surface area contributed by atoms with Crippen molar-refractivity contribution in [3.63, 3.8) is 0 Å². The van der Waals surface area contributed by atoms with Crippen LogP contribution in [0.15, 0.2) is 22.9 Å². The Bertz CT molecular complexity index is 981. The first-order valence-corrected chi connectivity index (χ1v) is 10.2. The third-order valence-electron chi connectivity index (χ3n) is 4.12. The molecule has 1 amide bonds. The summed E-state index contributed by atoms with van der Waals surface area (Å²) in [6, 6.07) is 0. The largest absolute Gasteiger partial charge is 0.481 e. The number of aliphatic imine (C=N–C) groups is 1. The number of hydrogen-bond acceptors (Lipinski definition) is 9. The van der Waals surface area contributed by atoms with Gasteiger partial charge in [0, 0.05) is 20.1 Å². The van der Waals surface area contributed by atoms with Gasteiger partial charge in [0.2, 0.25) is 5.88 Å². The topological polar surface area (TPSA) is 142 Å². The summed E-state index contributed by atoms with van der Waals surface area (Å²) in [4.78, 5) is 27.6. The van der Waals surface area contributed by atoms with Gasteiger partial charge in [0.25, 0.3) is 0 Å². The molecule has 0 aliphatic rings. The zero-order valence-corrected chi connectivity index (χ0v) is 19.1. The number of rotatable bonds is 10. The molecular formula is C20H31FN8O3. The highest BCUT2D eigenvalue weighted by atomic mass is 19.1. The molecule has 2 rings (SSSR count). The van der Waals surface area contributed by atoms with Crippen LogP contribution in [0.4, 0.5) is 15.0 Å². The van der Waals surface area contributed by atoms with E-state index in [2.05, 4.69) is 30.6 Å². The van der Waals surface area contributed by atoms with E-state index in [4.69, 9.17) is 15.2 Å². The fraction of sp³-hybridized carbons (Fsp3) is 0.550. The molecule has 176 valence electrons. The van der Waals surface area contributed by atoms with Gasteiger partial charge >= 0.3 is 12.2 Å². The molecule has 2 heterocycles. The first-order chi connectivity index (χ1) is 15.1. The van der Waals surface area contributed by atoms with Crippen molar-refractivity contribution in [3.8, 4) is 0 Å². The second-order valence-corrected chi connectivity index (χ2v) is 8.00. The molecule has 0 bridgehead atoms. The summed E-state index contributed by atoms with van der Waals surface area (Å²) >= 11 is 0. The lowest BCUT2D eigenvalue weighted by Crippen LogP contribution is -2.32. The third-order valence-corrected chi connectivity index (χ3v) is 4.12. The zero-order chi connectivity index (χ0) is 23.7. The van der Waals surface area contributed by atoms with Crippen molar-refractivity contribution >= 4 is 29.3 Å². The molecule has 11 nitrogen and oxygen atoms in total. The Morgan fingerprint density at radius 1 is 1.31 bits per heavy atom. The quantitative estimate of drug-likeness (QED) is 0.217. The minimum Gasteiger partial charge on any atom is -0.481 e. The average Bonchev–Trinajstić information content (AvgIpc) is 3.07. The SMILES string of the molecule is COC(N)=C(C=NCCCCCNC(=O)OC(C)(C)C)Nc1nc(F)nc2c1ncn2C. The van der Waals surface area contributed by atoms with Gasteiger partial charge in [-0.15, -0.1) is 0 Å². The van der Waals surface area contributed by atoms with E-state index in [1.807, 2.05) is 20.8 Å². The van der Waals surface area contributed by atoms with Crippen LogP contribution in [0.3, 0.4) is 0 Å². The number of alkyl carbamates (subject to hydrolysis) is 1. The predicted molar refractivity (Wildman–Crippen MR) is 120 cm³/mol. The molecule has 0 radical (unpaired) electrons. The number of halogens is 1. The number of methoxy groups -OCH3 is 1. The van der Waals surface area contributed by atoms with Crippen molar-refractivity contribution < 1.29 is 18.7 Å². The van der Waals surface area contributed by atoms with E-state index in [9.17, 15) is 9.18 Å². The standard InChI is InChI=1S/C20H31FN8O3/c1-20(2,3)32-19(30)24-10-8-6-7-9-23-11-13(15(22)31-5)26-16-14-17(28-18(21)27-16)29(4)12-25-14/h11-12H,6-10,22H2,1-5H3,(H,24,30)(H,26,27,28). The minimum atomic E-state index is -0.893. The van der Waals surface area contributed by atoms with Gasteiger partial charge in [-0.25, -0.2) is 9.78 Å². The number of imidazole rings is 1. The maximum Gasteiger partial charge on any atom is 0.407 e. The Balaban J connectivity index is 1.86. The first kappa shape index (κ1) is 24.8. The Hall–Kier alpha value is -3.44. The highest BCUT2D eigenvalue weighted by molar-refractivity contribution is 5.89. The number of aromatic nitrogens is 4. The van der Waals surface area contributed by atoms with Crippen molar-refractivity contribution in [1.29, 1.82) is 0 Å². The molecule has 2 aromatic heterocycles. The van der Waals surface area contributed by atoms with Crippen molar-refractivity contribution in [3.05, 3.63) is 24.0 Å². The summed E-state index contributed by atoms with van der Waals surface area (Å²) in [5, 5.41) is 5.64. The Labute approximate surface area is 186 Å². The lowest BCUT2D eigenvalue weighted by atomic mass is 10.2. The molecule has 32 heavy (non-hydrogen) atoms. The molecule has 0 atom stereocenters. The molecule has 0 fully saturated rings. The number of nitrogens with zero attached hydrogens (tertiary/aromatic N) is 5. The van der Waals surface area contributed by atoms with Crippen LogP contribution in [-0.4, -0.2) is 57.6 Å². The molecule has 0 saturated carbocycles. The van der Waals surface area contributed by atoms with Gasteiger partial charge in [-0.1, -0.05) is 0 Å². The number of unbranched alkanes of at least 4 members (excludes halogenated alkanes) is 2. The summed E-state index contributed by atoms with van der Waals surface area (Å²) < 4.78 is 25.7. The van der Waals surface area contributed by atoms with Crippen molar-refractivity contribution in [2.45, 2.75) is 45.6 Å². The zero-order valence-electron chi connectivity index (χ0n) is 19.1. The normalized spacial score (nSPS) is 12.7. The van der Waals surface area contributed by atoms with Gasteiger partial charge in [-0.3, -0.25) is 4.99 Å². The highest BCUT2D eigenvalue weighted by Gasteiger charge is 2.16. The minimum absolute atomic E-state index is 0.0680. The number of amides is 1. The summed E-state index contributed by atoms with van der Waals surface area (Å²) in [5.74, 6) is 0.223. The number of fused-ring (bicyclic) bond motifs is 1. The molecule has 0 saturated heterocycles. The number of carbonyl (C=O) groups is 1. The average molecular weight is 451 g/mol. The Morgan fingerprint density at radius 3 is 2.75 bits per heavy atom. The smallest absolute Gasteiger partial charge is 0.407 e. The second-order valence-electron chi connectivity index (χ2n) is 8.00. The number of nitrogens with one attached hydrogen (secondary N) is 2. The van der Waals surface area contributed by atoms with Crippen LogP contribution in [-0.2, 0) is 16.5 Å². The summed E-state index contributed by atoms with van der Waals surface area (Å²) in [5.41, 5.74) is 6.44. The Morgan fingerprint density at radius 2 is 2.06 bits per heavy atom. The summed E-state index contributed by atoms with van der Waals surface area (Å²) in [7, 11) is 3.12. The van der Waals surface area contributed by atoms with Crippen molar-refractivity contribution in [1.82, 2.24) is 24.8 Å². The van der Waals surface area contributed by atoms with E-state index in [1.54, 1.807) is 11.6 Å². The van der Waals surface area contributed by atoms with Crippen LogP contribution in [0.25, 0.3) is 11.2 Å². The van der Waals surface area contributed by atoms with E-state index in [1.165, 1.54) is 19.7 Å². The lowest BCUT2D eigenvalue weighted by molar-refractivity contribution is 0.0527. The van der Waals surface area contributed by atoms with Crippen LogP contribution in [0, 0.1) is 6.08 Å². The molecule has 2 aromatic rings. The van der Waals surface area contributed by atoms with E-state index >= 15 is 0 Å². The van der Waals surface area contributed by atoms with Crippen molar-refractivity contribution in [2.75, 3.05) is 25.5 Å². The van der Waals surface area contributed by atoms with Crippen LogP contribution in [0.5, 0.6) is 0 Å². The van der Waals surface area contributed by atoms with Gasteiger partial charge in [0.1, 0.15) is 11.3 Å². The van der Waals surface area contributed by atoms with Gasteiger partial charge in [-0.2, -0.15) is 14.4 Å². The molecule has 4 N–H and O–H groups in total. The molecule has 0 unspecified atom stereocenters. The van der Waals surface area contributed by atoms with E-state index in [0.717, 1.165) is 19.3 Å². The number of anilines is 1. The third kappa shape index (κ3) is 7.67. The molecule has 0 aliphatic heterocycles. The number of nitrogens with two attached hydrogens (primary N) is 1. The van der Waals surface area contributed by atoms with Gasteiger partial charge < -0.3 is 30.4 Å². The van der Waals surface area contributed by atoms with E-state index < -0.39 is 17.8 Å². The van der Waals surface area contributed by atoms with E-state index in [0.29, 0.717) is 30.0 Å². The number of allylic oxidation sites excluding steroid dienone is 1. The fourth-order valence-corrected chi connectivity index (χ4v) is 2.63. The highest BCUT2D eigenvalue weighted by Crippen LogP contribution is 2.19. The number of hydrogen-bond donors (Lipinski definition) is 3. The van der Waals surface area contributed by atoms with Crippen molar-refractivity contribution in [2.24, 2.45) is 17.8 Å². The lowest BCUT2D eigenvalue weighted by Gasteiger charge is -2.19. The second kappa shape index (κ2) is 11.3. The molecule has 0 spiro atoms. The first-order valence-electron chi connectivity index (χ1n) is 10.2. The van der Waals surface area contributed by atoms with Crippen LogP contribution < -0.4 is 16.4 Å².